The van der Waals surface area contributed by atoms with Crippen molar-refractivity contribution in [1.82, 2.24) is 15.1 Å². The zero-order valence-corrected chi connectivity index (χ0v) is 14.6. The molecule has 1 aliphatic heterocycles. The van der Waals surface area contributed by atoms with Crippen molar-refractivity contribution in [3.8, 4) is 0 Å². The maximum atomic E-state index is 12.3. The molecule has 2 fully saturated rings. The zero-order chi connectivity index (χ0) is 17.1. The first kappa shape index (κ1) is 17.0. The Balaban J connectivity index is 1.48. The Labute approximate surface area is 147 Å². The van der Waals surface area contributed by atoms with Crippen molar-refractivity contribution < 1.29 is 9.59 Å². The molecule has 1 saturated carbocycles. The van der Waals surface area contributed by atoms with E-state index in [-0.39, 0.29) is 18.0 Å². The molecule has 24 heavy (non-hydrogen) atoms. The Morgan fingerprint density at radius 1 is 1.17 bits per heavy atom. The molecule has 0 radical (unpaired) electrons. The lowest BCUT2D eigenvalue weighted by atomic mass is 10.2. The first-order valence-corrected chi connectivity index (χ1v) is 8.77. The van der Waals surface area contributed by atoms with Crippen LogP contribution in [0.3, 0.4) is 0 Å². The van der Waals surface area contributed by atoms with Crippen molar-refractivity contribution >= 4 is 29.2 Å². The van der Waals surface area contributed by atoms with Crippen LogP contribution in [-0.4, -0.2) is 60.0 Å². The van der Waals surface area contributed by atoms with Crippen LogP contribution in [0.1, 0.15) is 19.8 Å². The molecule has 2 aliphatic rings. The molecule has 7 heteroatoms. The monoisotopic (exact) mass is 350 g/mol. The number of para-hydroxylation sites is 1. The molecule has 1 heterocycles. The fourth-order valence-corrected chi connectivity index (χ4v) is 2.97. The van der Waals surface area contributed by atoms with Gasteiger partial charge in [0, 0.05) is 32.2 Å². The molecule has 0 aromatic heterocycles. The lowest BCUT2D eigenvalue weighted by Gasteiger charge is -2.37. The summed E-state index contributed by atoms with van der Waals surface area (Å²) in [5, 5.41) is 6.40. The number of anilines is 1. The topological polar surface area (TPSA) is 64.7 Å². The molecule has 1 unspecified atom stereocenters. The molecule has 0 spiro atoms. The molecule has 0 bridgehead atoms. The van der Waals surface area contributed by atoms with Crippen molar-refractivity contribution in [3.05, 3.63) is 29.3 Å². The highest BCUT2D eigenvalue weighted by Gasteiger charge is 2.30. The average Bonchev–Trinajstić information content (AvgIpc) is 3.40. The second kappa shape index (κ2) is 7.40. The smallest absolute Gasteiger partial charge is 0.321 e. The first-order valence-electron chi connectivity index (χ1n) is 8.39. The van der Waals surface area contributed by atoms with E-state index in [1.165, 1.54) is 0 Å². The number of hydrogen-bond acceptors (Lipinski definition) is 3. The van der Waals surface area contributed by atoms with Gasteiger partial charge in [0.25, 0.3) is 0 Å². The minimum Gasteiger partial charge on any atom is -0.352 e. The van der Waals surface area contributed by atoms with Gasteiger partial charge in [-0.2, -0.15) is 0 Å². The highest BCUT2D eigenvalue weighted by molar-refractivity contribution is 6.33. The van der Waals surface area contributed by atoms with Gasteiger partial charge in [-0.1, -0.05) is 23.7 Å². The number of benzene rings is 1. The number of piperazine rings is 1. The Morgan fingerprint density at radius 2 is 1.83 bits per heavy atom. The molecule has 1 aliphatic carbocycles. The fourth-order valence-electron chi connectivity index (χ4n) is 2.78. The summed E-state index contributed by atoms with van der Waals surface area (Å²) in [6.45, 7) is 4.50. The Hall–Kier alpha value is -1.79. The molecule has 6 nitrogen and oxygen atoms in total. The van der Waals surface area contributed by atoms with Crippen LogP contribution >= 0.6 is 11.6 Å². The molecule has 130 valence electrons. The minimum absolute atomic E-state index is 0.0893. The van der Waals surface area contributed by atoms with E-state index in [2.05, 4.69) is 15.5 Å². The van der Waals surface area contributed by atoms with E-state index < -0.39 is 0 Å². The Kier molecular flexibility index (Phi) is 5.26. The van der Waals surface area contributed by atoms with E-state index >= 15 is 0 Å². The molecule has 3 amide bonds. The van der Waals surface area contributed by atoms with Gasteiger partial charge in [-0.05, 0) is 31.9 Å². The van der Waals surface area contributed by atoms with Crippen molar-refractivity contribution in [3.63, 3.8) is 0 Å². The molecule has 3 rings (SSSR count). The Bertz CT molecular complexity index is 612. The summed E-state index contributed by atoms with van der Waals surface area (Å²) < 4.78 is 0. The van der Waals surface area contributed by atoms with Crippen LogP contribution in [0.5, 0.6) is 0 Å². The molecular formula is C17H23ClN4O2. The van der Waals surface area contributed by atoms with Crippen molar-refractivity contribution in [2.75, 3.05) is 31.5 Å². The van der Waals surface area contributed by atoms with Gasteiger partial charge in [-0.25, -0.2) is 4.79 Å². The van der Waals surface area contributed by atoms with Gasteiger partial charge in [-0.15, -0.1) is 0 Å². The summed E-state index contributed by atoms with van der Waals surface area (Å²) in [4.78, 5) is 28.3. The average molecular weight is 351 g/mol. The summed E-state index contributed by atoms with van der Waals surface area (Å²) in [5.74, 6) is 0.0893. The maximum Gasteiger partial charge on any atom is 0.321 e. The van der Waals surface area contributed by atoms with Crippen LogP contribution in [0, 0.1) is 0 Å². The van der Waals surface area contributed by atoms with E-state index in [4.69, 9.17) is 11.6 Å². The highest BCUT2D eigenvalue weighted by atomic mass is 35.5. The Morgan fingerprint density at radius 3 is 2.46 bits per heavy atom. The molecule has 1 aromatic carbocycles. The van der Waals surface area contributed by atoms with Gasteiger partial charge < -0.3 is 15.5 Å². The number of amides is 3. The first-order chi connectivity index (χ1) is 11.5. The number of hydrogen-bond donors (Lipinski definition) is 2. The highest BCUT2D eigenvalue weighted by Crippen LogP contribution is 2.21. The number of urea groups is 1. The minimum atomic E-state index is -0.155. The van der Waals surface area contributed by atoms with Crippen LogP contribution in [-0.2, 0) is 4.79 Å². The second-order valence-electron chi connectivity index (χ2n) is 6.39. The lowest BCUT2D eigenvalue weighted by molar-refractivity contribution is -0.126. The fraction of sp³-hybridized carbons (Fsp3) is 0.529. The van der Waals surface area contributed by atoms with Crippen LogP contribution in [0.15, 0.2) is 24.3 Å². The molecule has 1 atom stereocenters. The number of nitrogens with one attached hydrogen (secondary N) is 2. The summed E-state index contributed by atoms with van der Waals surface area (Å²) in [5.41, 5.74) is 0.615. The molecule has 1 saturated heterocycles. The van der Waals surface area contributed by atoms with Gasteiger partial charge in [-0.3, -0.25) is 9.69 Å². The van der Waals surface area contributed by atoms with Crippen LogP contribution in [0.4, 0.5) is 10.5 Å². The maximum absolute atomic E-state index is 12.3. The normalized spacial score (nSPS) is 19.7. The number of carbonyl (C=O) groups excluding carboxylic acids is 2. The van der Waals surface area contributed by atoms with Crippen LogP contribution in [0.2, 0.25) is 5.02 Å². The van der Waals surface area contributed by atoms with E-state index in [0.717, 1.165) is 12.8 Å². The largest absolute Gasteiger partial charge is 0.352 e. The number of rotatable bonds is 4. The van der Waals surface area contributed by atoms with Crippen molar-refractivity contribution in [2.24, 2.45) is 0 Å². The SMILES string of the molecule is CC(C(=O)NC1CC1)N1CCN(C(=O)Nc2ccccc2Cl)CC1. The lowest BCUT2D eigenvalue weighted by Crippen LogP contribution is -2.55. The van der Waals surface area contributed by atoms with Gasteiger partial charge in [0.15, 0.2) is 0 Å². The molecule has 1 aromatic rings. The van der Waals surface area contributed by atoms with Crippen molar-refractivity contribution in [1.29, 1.82) is 0 Å². The number of carbonyl (C=O) groups is 2. The third kappa shape index (κ3) is 4.19. The third-order valence-corrected chi connectivity index (χ3v) is 4.90. The summed E-state index contributed by atoms with van der Waals surface area (Å²) >= 11 is 6.07. The van der Waals surface area contributed by atoms with Gasteiger partial charge in [0.2, 0.25) is 5.91 Å². The van der Waals surface area contributed by atoms with Gasteiger partial charge in [0.05, 0.1) is 16.8 Å². The van der Waals surface area contributed by atoms with E-state index in [0.29, 0.717) is 42.9 Å². The number of nitrogens with zero attached hydrogens (tertiary/aromatic N) is 2. The van der Waals surface area contributed by atoms with E-state index in [1.54, 1.807) is 17.0 Å². The van der Waals surface area contributed by atoms with E-state index in [9.17, 15) is 9.59 Å². The summed E-state index contributed by atoms with van der Waals surface area (Å²) in [6, 6.07) is 7.25. The quantitative estimate of drug-likeness (QED) is 0.874. The number of halogens is 1. The molecular weight excluding hydrogens is 328 g/mol. The predicted molar refractivity (Wildman–Crippen MR) is 94.2 cm³/mol. The van der Waals surface area contributed by atoms with Gasteiger partial charge in [0.1, 0.15) is 0 Å². The standard InChI is InChI=1S/C17H23ClN4O2/c1-12(16(23)19-13-6-7-13)21-8-10-22(11-9-21)17(24)20-15-5-3-2-4-14(15)18/h2-5,12-13H,6-11H2,1H3,(H,19,23)(H,20,24). The zero-order valence-electron chi connectivity index (χ0n) is 13.8. The predicted octanol–water partition coefficient (Wildman–Crippen LogP) is 2.16. The van der Waals surface area contributed by atoms with E-state index in [1.807, 2.05) is 19.1 Å². The third-order valence-electron chi connectivity index (χ3n) is 4.57. The van der Waals surface area contributed by atoms with Crippen LogP contribution < -0.4 is 10.6 Å². The van der Waals surface area contributed by atoms with Crippen LogP contribution in [0.25, 0.3) is 0 Å². The second-order valence-corrected chi connectivity index (χ2v) is 6.80. The molecule has 2 N–H and O–H groups in total. The van der Waals surface area contributed by atoms with Crippen molar-refractivity contribution in [2.45, 2.75) is 31.8 Å². The summed E-state index contributed by atoms with van der Waals surface area (Å²) in [7, 11) is 0. The summed E-state index contributed by atoms with van der Waals surface area (Å²) in [6.07, 6.45) is 2.18. The van der Waals surface area contributed by atoms with Gasteiger partial charge >= 0.3 is 6.03 Å².